The number of halogens is 3. The number of rotatable bonds is 8. The zero-order chi connectivity index (χ0) is 31.0. The molecule has 0 aliphatic heterocycles. The Kier molecular flexibility index (Phi) is 8.88. The second-order valence-electron chi connectivity index (χ2n) is 10.6. The number of aryl methyl sites for hydroxylation is 2. The lowest BCUT2D eigenvalue weighted by atomic mass is 9.83. The molecule has 4 aromatic carbocycles. The third kappa shape index (κ3) is 6.18. The van der Waals surface area contributed by atoms with Crippen molar-refractivity contribution in [1.29, 1.82) is 0 Å². The Morgan fingerprint density at radius 1 is 0.682 bits per heavy atom. The first-order chi connectivity index (χ1) is 21.2. The predicted octanol–water partition coefficient (Wildman–Crippen LogP) is 8.29. The maximum absolute atomic E-state index is 13.7. The Balaban J connectivity index is 1.52. The fourth-order valence-electron chi connectivity index (χ4n) is 5.28. The maximum atomic E-state index is 13.7. The molecule has 4 N–H and O–H groups in total. The van der Waals surface area contributed by atoms with Gasteiger partial charge in [0.1, 0.15) is 12.4 Å². The Morgan fingerprint density at radius 3 is 1.59 bits per heavy atom. The molecule has 0 saturated carbocycles. The van der Waals surface area contributed by atoms with Crippen LogP contribution in [0.1, 0.15) is 39.3 Å². The lowest BCUT2D eigenvalue weighted by Crippen LogP contribution is -2.20. The summed E-state index contributed by atoms with van der Waals surface area (Å²) in [4.78, 5) is 27.3. The van der Waals surface area contributed by atoms with Crippen molar-refractivity contribution in [1.82, 2.24) is 20.4 Å². The summed E-state index contributed by atoms with van der Waals surface area (Å²) >= 11 is 10.6. The van der Waals surface area contributed by atoms with Crippen molar-refractivity contribution in [3.63, 3.8) is 0 Å². The van der Waals surface area contributed by atoms with Crippen LogP contribution in [0, 0.1) is 21.0 Å². The number of aromatic amines is 4. The van der Waals surface area contributed by atoms with Gasteiger partial charge in [-0.1, -0.05) is 83.4 Å². The third-order valence-electron chi connectivity index (χ3n) is 7.54. The quantitative estimate of drug-likeness (QED) is 0.116. The molecule has 0 amide bonds. The smallest absolute Gasteiger partial charge is 0.268 e. The van der Waals surface area contributed by atoms with Gasteiger partial charge >= 0.3 is 0 Å². The summed E-state index contributed by atoms with van der Waals surface area (Å²) in [6, 6.07) is 27.4. The first-order valence-electron chi connectivity index (χ1n) is 13.8. The summed E-state index contributed by atoms with van der Waals surface area (Å²) in [5, 5.41) is 12.4. The molecule has 0 spiro atoms. The normalized spacial score (nSPS) is 11.3. The van der Waals surface area contributed by atoms with Crippen molar-refractivity contribution in [2.45, 2.75) is 26.4 Å². The van der Waals surface area contributed by atoms with Gasteiger partial charge in [0.15, 0.2) is 0 Å². The molecular formula is C34H27ClI2N4O3. The number of aromatic nitrogens is 4. The number of hydrogen-bond donors (Lipinski definition) is 4. The number of nitrogens with one attached hydrogen (secondary N) is 4. The van der Waals surface area contributed by atoms with E-state index in [0.29, 0.717) is 34.1 Å². The molecular weight excluding hydrogens is 802 g/mol. The second-order valence-corrected chi connectivity index (χ2v) is 13.4. The molecule has 0 aliphatic carbocycles. The second kappa shape index (κ2) is 12.8. The molecule has 2 heterocycles. The zero-order valence-electron chi connectivity index (χ0n) is 23.7. The summed E-state index contributed by atoms with van der Waals surface area (Å²) in [5.74, 6) is 0.0204. The molecule has 2 aromatic heterocycles. The minimum Gasteiger partial charge on any atom is -0.487 e. The van der Waals surface area contributed by atoms with E-state index in [9.17, 15) is 9.59 Å². The van der Waals surface area contributed by atoms with Crippen LogP contribution in [0.2, 0.25) is 5.02 Å². The van der Waals surface area contributed by atoms with Crippen molar-refractivity contribution in [2.75, 3.05) is 0 Å². The summed E-state index contributed by atoms with van der Waals surface area (Å²) in [7, 11) is 0. The largest absolute Gasteiger partial charge is 0.487 e. The number of ether oxygens (including phenoxy) is 1. The van der Waals surface area contributed by atoms with Crippen molar-refractivity contribution in [2.24, 2.45) is 0 Å². The predicted molar refractivity (Wildman–Crippen MR) is 192 cm³/mol. The van der Waals surface area contributed by atoms with E-state index in [-0.39, 0.29) is 11.1 Å². The van der Waals surface area contributed by atoms with E-state index in [4.69, 9.17) is 16.3 Å². The molecule has 44 heavy (non-hydrogen) atoms. The van der Waals surface area contributed by atoms with Crippen LogP contribution in [0.4, 0.5) is 0 Å². The van der Waals surface area contributed by atoms with Crippen LogP contribution in [-0.4, -0.2) is 20.4 Å². The molecule has 0 saturated heterocycles. The first-order valence-corrected chi connectivity index (χ1v) is 16.3. The molecule has 10 heteroatoms. The van der Waals surface area contributed by atoms with E-state index in [2.05, 4.69) is 65.6 Å². The van der Waals surface area contributed by atoms with Gasteiger partial charge in [-0.3, -0.25) is 30.0 Å². The number of H-pyrrole nitrogens is 4. The molecule has 0 atom stereocenters. The molecule has 0 unspecified atom stereocenters. The van der Waals surface area contributed by atoms with Crippen LogP contribution in [0.25, 0.3) is 22.5 Å². The average molecular weight is 829 g/mol. The zero-order valence-corrected chi connectivity index (χ0v) is 28.8. The van der Waals surface area contributed by atoms with E-state index in [1.807, 2.05) is 98.8 Å². The SMILES string of the molecule is Cc1ccc(-c2[nH][nH]c(=O)c2C(c2cc(I)c(OCc3ccc(Cl)cc3)c(I)c2)c2c(-c3ccc(C)cc3)[nH][nH]c2=O)cc1. The van der Waals surface area contributed by atoms with Gasteiger partial charge in [-0.15, -0.1) is 0 Å². The van der Waals surface area contributed by atoms with Gasteiger partial charge in [-0.05, 0) is 106 Å². The molecule has 6 rings (SSSR count). The molecule has 0 bridgehead atoms. The van der Waals surface area contributed by atoms with E-state index >= 15 is 0 Å². The van der Waals surface area contributed by atoms with E-state index < -0.39 is 5.92 Å². The average Bonchev–Trinajstić information content (AvgIpc) is 3.57. The first kappa shape index (κ1) is 30.5. The summed E-state index contributed by atoms with van der Waals surface area (Å²) in [6.45, 7) is 4.40. The van der Waals surface area contributed by atoms with E-state index in [1.165, 1.54) is 0 Å². The van der Waals surface area contributed by atoms with Gasteiger partial charge in [0.2, 0.25) is 0 Å². The number of hydrogen-bond acceptors (Lipinski definition) is 3. The molecule has 0 fully saturated rings. The van der Waals surface area contributed by atoms with Crippen LogP contribution in [0.5, 0.6) is 5.75 Å². The standard InChI is InChI=1S/C34H27ClI2N4O3/c1-18-3-9-21(10-4-18)30-28(33(42)40-38-30)27(29-31(39-41-34(29)43)22-11-5-19(2)6-12-22)23-15-25(36)32(26(37)16-23)44-17-20-7-13-24(35)14-8-20/h3-16,27H,17H2,1-2H3,(H2,38,40,42)(H2,39,41,43). The Labute approximate surface area is 285 Å². The summed E-state index contributed by atoms with van der Waals surface area (Å²) < 4.78 is 7.97. The van der Waals surface area contributed by atoms with Gasteiger partial charge in [0.25, 0.3) is 11.1 Å². The molecule has 6 aromatic rings. The van der Waals surface area contributed by atoms with Crippen molar-refractivity contribution >= 4 is 56.8 Å². The Hall–Kier alpha value is -3.55. The van der Waals surface area contributed by atoms with Crippen LogP contribution >= 0.6 is 56.8 Å². The highest BCUT2D eigenvalue weighted by molar-refractivity contribution is 14.1. The highest BCUT2D eigenvalue weighted by atomic mass is 127. The van der Waals surface area contributed by atoms with Crippen molar-refractivity contribution < 1.29 is 4.74 Å². The fourth-order valence-corrected chi connectivity index (χ4v) is 7.53. The van der Waals surface area contributed by atoms with Crippen LogP contribution in [0.15, 0.2) is 94.5 Å². The molecule has 222 valence electrons. The lowest BCUT2D eigenvalue weighted by Gasteiger charge is -2.20. The topological polar surface area (TPSA) is 107 Å². The van der Waals surface area contributed by atoms with Gasteiger partial charge in [-0.25, -0.2) is 0 Å². The highest BCUT2D eigenvalue weighted by Crippen LogP contribution is 2.41. The van der Waals surface area contributed by atoms with Gasteiger partial charge in [0, 0.05) is 10.9 Å². The lowest BCUT2D eigenvalue weighted by molar-refractivity contribution is 0.301. The third-order valence-corrected chi connectivity index (χ3v) is 9.39. The van der Waals surface area contributed by atoms with E-state index in [1.54, 1.807) is 0 Å². The summed E-state index contributed by atoms with van der Waals surface area (Å²) in [5.41, 5.74) is 7.23. The monoisotopic (exact) mass is 828 g/mol. The minimum absolute atomic E-state index is 0.297. The molecule has 7 nitrogen and oxygen atoms in total. The fraction of sp³-hybridized carbons (Fsp3) is 0.118. The van der Waals surface area contributed by atoms with Gasteiger partial charge in [-0.2, -0.15) is 0 Å². The molecule has 0 aliphatic rings. The molecule has 0 radical (unpaired) electrons. The Morgan fingerprint density at radius 2 is 1.14 bits per heavy atom. The van der Waals surface area contributed by atoms with Crippen molar-refractivity contribution in [3.8, 4) is 28.3 Å². The number of benzene rings is 4. The minimum atomic E-state index is -0.708. The van der Waals surface area contributed by atoms with Crippen molar-refractivity contribution in [3.05, 3.63) is 151 Å². The van der Waals surface area contributed by atoms with Crippen LogP contribution in [0.3, 0.4) is 0 Å². The maximum Gasteiger partial charge on any atom is 0.268 e. The van der Waals surface area contributed by atoms with Gasteiger partial charge < -0.3 is 4.74 Å². The highest BCUT2D eigenvalue weighted by Gasteiger charge is 2.32. The van der Waals surface area contributed by atoms with Crippen LogP contribution < -0.4 is 15.9 Å². The summed E-state index contributed by atoms with van der Waals surface area (Å²) in [6.07, 6.45) is 0. The van der Waals surface area contributed by atoms with Gasteiger partial charge in [0.05, 0.1) is 29.7 Å². The van der Waals surface area contributed by atoms with Crippen LogP contribution in [-0.2, 0) is 6.61 Å². The Bertz CT molecular complexity index is 1940. The van der Waals surface area contributed by atoms with E-state index in [0.717, 1.165) is 46.3 Å².